The Morgan fingerprint density at radius 3 is 2.90 bits per heavy atom. The number of sulfonamides is 1. The molecule has 1 N–H and O–H groups in total. The molecule has 0 amide bonds. The smallest absolute Gasteiger partial charge is 0.358 e. The van der Waals surface area contributed by atoms with Gasteiger partial charge in [0.2, 0.25) is 0 Å². The number of hydrogen-bond donors (Lipinski definition) is 1. The van der Waals surface area contributed by atoms with Gasteiger partial charge in [-0.3, -0.25) is 4.72 Å². The zero-order valence-corrected chi connectivity index (χ0v) is 12.4. The summed E-state index contributed by atoms with van der Waals surface area (Å²) in [5, 5.41) is 8.80. The maximum absolute atomic E-state index is 12.3. The van der Waals surface area contributed by atoms with Crippen LogP contribution in [0.15, 0.2) is 34.0 Å². The zero-order valence-electron chi connectivity index (χ0n) is 10.7. The summed E-state index contributed by atoms with van der Waals surface area (Å²) >= 11 is 0.802. The van der Waals surface area contributed by atoms with Gasteiger partial charge in [0.15, 0.2) is 9.90 Å². The minimum atomic E-state index is -3.98. The second kappa shape index (κ2) is 5.90. The Morgan fingerprint density at radius 2 is 2.24 bits per heavy atom. The van der Waals surface area contributed by atoms with Crippen LogP contribution >= 0.6 is 11.3 Å². The Kier molecular flexibility index (Phi) is 4.21. The first-order chi connectivity index (χ1) is 9.97. The van der Waals surface area contributed by atoms with Crippen molar-refractivity contribution in [1.29, 1.82) is 5.26 Å². The Hall–Kier alpha value is -2.44. The third-order valence-electron chi connectivity index (χ3n) is 2.40. The van der Waals surface area contributed by atoms with Crippen molar-refractivity contribution in [3.05, 3.63) is 41.0 Å². The number of nitrogens with one attached hydrogen (secondary N) is 1. The van der Waals surface area contributed by atoms with Crippen molar-refractivity contribution in [2.45, 2.75) is 4.21 Å². The summed E-state index contributed by atoms with van der Waals surface area (Å²) in [5.41, 5.74) is 1.50. The monoisotopic (exact) mass is 323 g/mol. The number of rotatable bonds is 4. The van der Waals surface area contributed by atoms with Gasteiger partial charge in [0.05, 0.1) is 29.9 Å². The highest BCUT2D eigenvalue weighted by Gasteiger charge is 2.26. The van der Waals surface area contributed by atoms with Gasteiger partial charge >= 0.3 is 5.97 Å². The van der Waals surface area contributed by atoms with Crippen molar-refractivity contribution >= 4 is 33.0 Å². The van der Waals surface area contributed by atoms with Gasteiger partial charge in [-0.1, -0.05) is 6.07 Å². The maximum Gasteiger partial charge on any atom is 0.358 e. The van der Waals surface area contributed by atoms with E-state index in [1.54, 1.807) is 12.1 Å². The van der Waals surface area contributed by atoms with Gasteiger partial charge in [-0.25, -0.2) is 18.2 Å². The standard InChI is InChI=1S/C12H9N3O4S2/c1-19-11(16)10-12(20-7-14-10)21(17,18)15-9-4-2-3-8(5-9)6-13/h2-5,7,15H,1H3. The molecule has 9 heteroatoms. The van der Waals surface area contributed by atoms with Gasteiger partial charge in [-0.15, -0.1) is 11.3 Å². The molecule has 1 aromatic heterocycles. The number of hydrogen-bond acceptors (Lipinski definition) is 7. The fraction of sp³-hybridized carbons (Fsp3) is 0.0833. The predicted octanol–water partition coefficient (Wildman–Crippen LogP) is 1.60. The largest absolute Gasteiger partial charge is 0.464 e. The average molecular weight is 323 g/mol. The first-order valence-corrected chi connectivity index (χ1v) is 7.89. The van der Waals surface area contributed by atoms with Crippen LogP contribution in [0.2, 0.25) is 0 Å². The van der Waals surface area contributed by atoms with Crippen LogP contribution in [-0.2, 0) is 14.8 Å². The summed E-state index contributed by atoms with van der Waals surface area (Å²) in [5.74, 6) is -0.831. The van der Waals surface area contributed by atoms with Crippen LogP contribution < -0.4 is 4.72 Å². The van der Waals surface area contributed by atoms with Crippen LogP contribution in [0.25, 0.3) is 0 Å². The Labute approximate surface area is 124 Å². The van der Waals surface area contributed by atoms with E-state index in [-0.39, 0.29) is 15.6 Å². The summed E-state index contributed by atoms with van der Waals surface area (Å²) in [6.07, 6.45) is 0. The van der Waals surface area contributed by atoms with E-state index < -0.39 is 16.0 Å². The number of ether oxygens (including phenoxy) is 1. The molecule has 0 atom stereocenters. The molecule has 0 bridgehead atoms. The Bertz CT molecular complexity index is 821. The second-order valence-corrected chi connectivity index (χ2v) is 6.51. The Morgan fingerprint density at radius 1 is 1.48 bits per heavy atom. The third-order valence-corrected chi connectivity index (χ3v) is 5.15. The molecule has 21 heavy (non-hydrogen) atoms. The molecule has 0 saturated heterocycles. The molecule has 2 aromatic rings. The van der Waals surface area contributed by atoms with Crippen molar-refractivity contribution in [1.82, 2.24) is 4.98 Å². The summed E-state index contributed by atoms with van der Waals surface area (Å²) in [6.45, 7) is 0. The van der Waals surface area contributed by atoms with E-state index in [9.17, 15) is 13.2 Å². The maximum atomic E-state index is 12.3. The highest BCUT2D eigenvalue weighted by molar-refractivity contribution is 7.94. The van der Waals surface area contributed by atoms with Crippen molar-refractivity contribution in [3.8, 4) is 6.07 Å². The lowest BCUT2D eigenvalue weighted by molar-refractivity contribution is 0.0590. The molecule has 0 aliphatic heterocycles. The molecule has 0 aliphatic rings. The van der Waals surface area contributed by atoms with E-state index in [0.29, 0.717) is 5.56 Å². The lowest BCUT2D eigenvalue weighted by atomic mass is 10.2. The zero-order chi connectivity index (χ0) is 15.5. The molecule has 0 saturated carbocycles. The number of nitrogens with zero attached hydrogens (tertiary/aromatic N) is 2. The van der Waals surface area contributed by atoms with Crippen LogP contribution in [0.5, 0.6) is 0 Å². The Balaban J connectivity index is 2.37. The van der Waals surface area contributed by atoms with E-state index in [1.165, 1.54) is 17.6 Å². The number of methoxy groups -OCH3 is 1. The van der Waals surface area contributed by atoms with E-state index in [4.69, 9.17) is 5.26 Å². The molecule has 1 aromatic carbocycles. The molecular weight excluding hydrogens is 314 g/mol. The lowest BCUT2D eigenvalue weighted by Crippen LogP contribution is -2.16. The van der Waals surface area contributed by atoms with Crippen LogP contribution in [0.1, 0.15) is 16.1 Å². The number of esters is 1. The molecule has 0 fully saturated rings. The summed E-state index contributed by atoms with van der Waals surface area (Å²) in [6, 6.07) is 7.88. The van der Waals surface area contributed by atoms with Gasteiger partial charge in [0, 0.05) is 0 Å². The van der Waals surface area contributed by atoms with E-state index in [1.807, 2.05) is 6.07 Å². The molecule has 7 nitrogen and oxygen atoms in total. The van der Waals surface area contributed by atoms with Crippen molar-refractivity contribution < 1.29 is 17.9 Å². The summed E-state index contributed by atoms with van der Waals surface area (Å²) < 4.78 is 31.1. The first kappa shape index (κ1) is 15.0. The average Bonchev–Trinajstić information content (AvgIpc) is 2.96. The molecule has 108 valence electrons. The van der Waals surface area contributed by atoms with E-state index >= 15 is 0 Å². The van der Waals surface area contributed by atoms with Crippen molar-refractivity contribution in [3.63, 3.8) is 0 Å². The fourth-order valence-electron chi connectivity index (χ4n) is 1.51. The fourth-order valence-corrected chi connectivity index (χ4v) is 3.70. The third kappa shape index (κ3) is 3.18. The predicted molar refractivity (Wildman–Crippen MR) is 75.4 cm³/mol. The highest BCUT2D eigenvalue weighted by Crippen LogP contribution is 2.24. The number of nitriles is 1. The quantitative estimate of drug-likeness (QED) is 0.856. The first-order valence-electron chi connectivity index (χ1n) is 5.52. The number of aromatic nitrogens is 1. The number of anilines is 1. The van der Waals surface area contributed by atoms with Crippen LogP contribution in [-0.4, -0.2) is 26.5 Å². The van der Waals surface area contributed by atoms with Crippen molar-refractivity contribution in [2.24, 2.45) is 0 Å². The number of carbonyl (C=O) groups excluding carboxylic acids is 1. The normalized spacial score (nSPS) is 10.7. The summed E-state index contributed by atoms with van der Waals surface area (Å²) in [4.78, 5) is 15.2. The SMILES string of the molecule is COC(=O)c1ncsc1S(=O)(=O)Nc1cccc(C#N)c1. The minimum absolute atomic E-state index is 0.221. The molecule has 2 rings (SSSR count). The topological polar surface area (TPSA) is 109 Å². The lowest BCUT2D eigenvalue weighted by Gasteiger charge is -2.07. The highest BCUT2D eigenvalue weighted by atomic mass is 32.2. The summed E-state index contributed by atoms with van der Waals surface area (Å²) in [7, 11) is -2.84. The number of thiazole rings is 1. The molecule has 0 radical (unpaired) electrons. The van der Waals surface area contributed by atoms with Gasteiger partial charge in [0.1, 0.15) is 0 Å². The van der Waals surface area contributed by atoms with Crippen LogP contribution in [0.3, 0.4) is 0 Å². The molecular formula is C12H9N3O4S2. The molecule has 0 unspecified atom stereocenters. The molecule has 1 heterocycles. The van der Waals surface area contributed by atoms with Crippen LogP contribution in [0, 0.1) is 11.3 Å². The second-order valence-electron chi connectivity index (χ2n) is 3.78. The molecule has 0 aliphatic carbocycles. The van der Waals surface area contributed by atoms with Crippen LogP contribution in [0.4, 0.5) is 5.69 Å². The van der Waals surface area contributed by atoms with Gasteiger partial charge in [0.25, 0.3) is 10.0 Å². The van der Waals surface area contributed by atoms with Gasteiger partial charge in [-0.2, -0.15) is 5.26 Å². The minimum Gasteiger partial charge on any atom is -0.464 e. The van der Waals surface area contributed by atoms with Gasteiger partial charge < -0.3 is 4.74 Å². The van der Waals surface area contributed by atoms with Crippen molar-refractivity contribution in [2.75, 3.05) is 11.8 Å². The van der Waals surface area contributed by atoms with E-state index in [2.05, 4.69) is 14.4 Å². The molecule has 0 spiro atoms. The van der Waals surface area contributed by atoms with E-state index in [0.717, 1.165) is 18.4 Å². The number of carbonyl (C=O) groups is 1. The number of benzene rings is 1. The van der Waals surface area contributed by atoms with Gasteiger partial charge in [-0.05, 0) is 18.2 Å².